The number of hydrogen-bond acceptors (Lipinski definition) is 2. The predicted octanol–water partition coefficient (Wildman–Crippen LogP) is 1.77. The van der Waals surface area contributed by atoms with E-state index < -0.39 is 0 Å². The molecule has 0 atom stereocenters. The Hall–Kier alpha value is -1.02. The van der Waals surface area contributed by atoms with Gasteiger partial charge in [0.2, 0.25) is 0 Å². The summed E-state index contributed by atoms with van der Waals surface area (Å²) >= 11 is 0. The van der Waals surface area contributed by atoms with Gasteiger partial charge >= 0.3 is 0 Å². The summed E-state index contributed by atoms with van der Waals surface area (Å²) in [4.78, 5) is 0. The third-order valence-electron chi connectivity index (χ3n) is 2.52. The summed E-state index contributed by atoms with van der Waals surface area (Å²) in [6.45, 7) is 4.98. The first-order chi connectivity index (χ1) is 6.16. The van der Waals surface area contributed by atoms with Crippen molar-refractivity contribution in [3.63, 3.8) is 0 Å². The van der Waals surface area contributed by atoms with Crippen molar-refractivity contribution in [1.82, 2.24) is 5.32 Å². The third kappa shape index (κ3) is 2.22. The second-order valence-corrected chi connectivity index (χ2v) is 3.35. The number of phenolic OH excluding ortho intramolecular Hbond substituents is 1. The maximum Gasteiger partial charge on any atom is 0.118 e. The molecule has 0 amide bonds. The van der Waals surface area contributed by atoms with Crippen molar-refractivity contribution in [3.05, 3.63) is 28.8 Å². The van der Waals surface area contributed by atoms with Crippen molar-refractivity contribution in [2.24, 2.45) is 0 Å². The Labute approximate surface area is 79.6 Å². The fourth-order valence-corrected chi connectivity index (χ4v) is 1.39. The molecule has 0 saturated carbocycles. The Bertz CT molecular complexity index is 294. The van der Waals surface area contributed by atoms with E-state index in [9.17, 15) is 5.11 Å². The molecule has 1 rings (SSSR count). The van der Waals surface area contributed by atoms with Crippen LogP contribution in [0.5, 0.6) is 5.75 Å². The van der Waals surface area contributed by atoms with Gasteiger partial charge < -0.3 is 10.4 Å². The van der Waals surface area contributed by atoms with Crippen LogP contribution in [0.25, 0.3) is 0 Å². The SMILES string of the molecule is CNCCc1ccc(O)c(C)c1C. The fourth-order valence-electron chi connectivity index (χ4n) is 1.39. The van der Waals surface area contributed by atoms with Crippen LogP contribution in [0.4, 0.5) is 0 Å². The van der Waals surface area contributed by atoms with E-state index in [1.165, 1.54) is 11.1 Å². The lowest BCUT2D eigenvalue weighted by Crippen LogP contribution is -2.11. The fraction of sp³-hybridized carbons (Fsp3) is 0.455. The monoisotopic (exact) mass is 179 g/mol. The molecule has 13 heavy (non-hydrogen) atoms. The predicted molar refractivity (Wildman–Crippen MR) is 55.2 cm³/mol. The zero-order valence-corrected chi connectivity index (χ0v) is 8.52. The Balaban J connectivity index is 2.90. The van der Waals surface area contributed by atoms with Gasteiger partial charge in [0.15, 0.2) is 0 Å². The maximum absolute atomic E-state index is 9.43. The Kier molecular flexibility index (Phi) is 3.32. The van der Waals surface area contributed by atoms with Crippen LogP contribution in [-0.2, 0) is 6.42 Å². The summed E-state index contributed by atoms with van der Waals surface area (Å²) in [5.74, 6) is 0.394. The smallest absolute Gasteiger partial charge is 0.118 e. The van der Waals surface area contributed by atoms with Crippen molar-refractivity contribution in [2.45, 2.75) is 20.3 Å². The summed E-state index contributed by atoms with van der Waals surface area (Å²) in [6, 6.07) is 3.77. The number of benzene rings is 1. The third-order valence-corrected chi connectivity index (χ3v) is 2.52. The molecule has 0 aliphatic rings. The highest BCUT2D eigenvalue weighted by Gasteiger charge is 2.04. The van der Waals surface area contributed by atoms with Gasteiger partial charge in [-0.2, -0.15) is 0 Å². The lowest BCUT2D eigenvalue weighted by molar-refractivity contribution is 0.470. The van der Waals surface area contributed by atoms with Crippen LogP contribution in [0.3, 0.4) is 0 Å². The first-order valence-electron chi connectivity index (χ1n) is 4.59. The van der Waals surface area contributed by atoms with Gasteiger partial charge in [0.25, 0.3) is 0 Å². The van der Waals surface area contributed by atoms with Crippen molar-refractivity contribution >= 4 is 0 Å². The molecule has 0 heterocycles. The van der Waals surface area contributed by atoms with Gasteiger partial charge in [0.05, 0.1) is 0 Å². The van der Waals surface area contributed by atoms with E-state index in [-0.39, 0.29) is 0 Å². The van der Waals surface area contributed by atoms with Crippen LogP contribution in [0.2, 0.25) is 0 Å². The number of phenols is 1. The molecule has 0 aliphatic carbocycles. The van der Waals surface area contributed by atoms with Crippen LogP contribution in [0, 0.1) is 13.8 Å². The molecule has 0 aromatic heterocycles. The lowest BCUT2D eigenvalue weighted by atomic mass is 10.0. The molecule has 0 radical (unpaired) electrons. The molecule has 2 nitrogen and oxygen atoms in total. The Morgan fingerprint density at radius 1 is 1.23 bits per heavy atom. The van der Waals surface area contributed by atoms with E-state index in [1.807, 2.05) is 20.0 Å². The summed E-state index contributed by atoms with van der Waals surface area (Å²) in [5.41, 5.74) is 3.51. The molecule has 0 fully saturated rings. The summed E-state index contributed by atoms with van der Waals surface area (Å²) in [5, 5.41) is 12.5. The second-order valence-electron chi connectivity index (χ2n) is 3.35. The van der Waals surface area contributed by atoms with Crippen LogP contribution in [-0.4, -0.2) is 18.7 Å². The first-order valence-corrected chi connectivity index (χ1v) is 4.59. The van der Waals surface area contributed by atoms with Crippen molar-refractivity contribution in [2.75, 3.05) is 13.6 Å². The number of likely N-dealkylation sites (N-methyl/N-ethyl adjacent to an activating group) is 1. The van der Waals surface area contributed by atoms with E-state index in [0.717, 1.165) is 18.5 Å². The van der Waals surface area contributed by atoms with E-state index in [2.05, 4.69) is 12.2 Å². The van der Waals surface area contributed by atoms with Gasteiger partial charge in [-0.15, -0.1) is 0 Å². The van der Waals surface area contributed by atoms with Gasteiger partial charge in [-0.05, 0) is 56.6 Å². The molecule has 0 saturated heterocycles. The molecule has 0 aliphatic heterocycles. The number of rotatable bonds is 3. The topological polar surface area (TPSA) is 32.3 Å². The van der Waals surface area contributed by atoms with E-state index in [0.29, 0.717) is 5.75 Å². The van der Waals surface area contributed by atoms with Crippen molar-refractivity contribution < 1.29 is 5.11 Å². The molecular formula is C11H17NO. The minimum Gasteiger partial charge on any atom is -0.508 e. The molecule has 2 heteroatoms. The maximum atomic E-state index is 9.43. The van der Waals surface area contributed by atoms with Crippen LogP contribution in [0.1, 0.15) is 16.7 Å². The minimum atomic E-state index is 0.394. The van der Waals surface area contributed by atoms with Gasteiger partial charge in [-0.25, -0.2) is 0 Å². The Morgan fingerprint density at radius 2 is 1.92 bits per heavy atom. The lowest BCUT2D eigenvalue weighted by Gasteiger charge is -2.09. The van der Waals surface area contributed by atoms with E-state index >= 15 is 0 Å². The quantitative estimate of drug-likeness (QED) is 0.741. The first kappa shape index (κ1) is 10.1. The average Bonchev–Trinajstić information content (AvgIpc) is 2.13. The highest BCUT2D eigenvalue weighted by atomic mass is 16.3. The van der Waals surface area contributed by atoms with Gasteiger partial charge in [-0.1, -0.05) is 6.07 Å². The van der Waals surface area contributed by atoms with Crippen LogP contribution >= 0.6 is 0 Å². The van der Waals surface area contributed by atoms with E-state index in [4.69, 9.17) is 0 Å². The summed E-state index contributed by atoms with van der Waals surface area (Å²) in [6.07, 6.45) is 1.02. The highest BCUT2D eigenvalue weighted by molar-refractivity contribution is 5.42. The number of hydrogen-bond donors (Lipinski definition) is 2. The molecule has 0 bridgehead atoms. The zero-order valence-electron chi connectivity index (χ0n) is 8.52. The molecule has 72 valence electrons. The van der Waals surface area contributed by atoms with Crippen LogP contribution in [0.15, 0.2) is 12.1 Å². The largest absolute Gasteiger partial charge is 0.508 e. The van der Waals surface area contributed by atoms with Gasteiger partial charge in [-0.3, -0.25) is 0 Å². The highest BCUT2D eigenvalue weighted by Crippen LogP contribution is 2.22. The molecule has 0 spiro atoms. The molecule has 1 aromatic rings. The van der Waals surface area contributed by atoms with E-state index in [1.54, 1.807) is 6.07 Å². The standard InChI is InChI=1S/C11H17NO/c1-8-9(2)11(13)5-4-10(8)6-7-12-3/h4-5,12-13H,6-7H2,1-3H3. The summed E-state index contributed by atoms with van der Waals surface area (Å²) in [7, 11) is 1.95. The number of aromatic hydroxyl groups is 1. The normalized spacial score (nSPS) is 10.4. The number of nitrogens with one attached hydrogen (secondary N) is 1. The molecule has 0 unspecified atom stereocenters. The minimum absolute atomic E-state index is 0.394. The van der Waals surface area contributed by atoms with Crippen molar-refractivity contribution in [3.8, 4) is 5.75 Å². The molecule has 1 aromatic carbocycles. The molecular weight excluding hydrogens is 162 g/mol. The Morgan fingerprint density at radius 3 is 2.54 bits per heavy atom. The average molecular weight is 179 g/mol. The van der Waals surface area contributed by atoms with Gasteiger partial charge in [0.1, 0.15) is 5.75 Å². The second kappa shape index (κ2) is 4.28. The van der Waals surface area contributed by atoms with Crippen LogP contribution < -0.4 is 5.32 Å². The molecule has 2 N–H and O–H groups in total. The van der Waals surface area contributed by atoms with Gasteiger partial charge in [0, 0.05) is 0 Å². The van der Waals surface area contributed by atoms with Crippen molar-refractivity contribution in [1.29, 1.82) is 0 Å². The zero-order chi connectivity index (χ0) is 9.84. The summed E-state index contributed by atoms with van der Waals surface area (Å²) < 4.78 is 0.